The Balaban J connectivity index is 4.49. The average Bonchev–Trinajstić information content (AvgIpc) is 3.06. The van der Waals surface area contributed by atoms with Gasteiger partial charge in [-0.25, -0.2) is 0 Å². The van der Waals surface area contributed by atoms with Gasteiger partial charge in [0.25, 0.3) is 7.82 Å². The summed E-state index contributed by atoms with van der Waals surface area (Å²) in [5, 5.41) is 0. The number of unbranched alkanes of at least 4 members (excludes halogenated alkanes) is 12. The summed E-state index contributed by atoms with van der Waals surface area (Å²) in [6.45, 7) is 4.08. The van der Waals surface area contributed by atoms with Crippen LogP contribution in [0.1, 0.15) is 142 Å². The van der Waals surface area contributed by atoms with E-state index in [1.165, 1.54) is 57.8 Å². The van der Waals surface area contributed by atoms with E-state index in [2.05, 4.69) is 56.4 Å². The predicted molar refractivity (Wildman–Crippen MR) is 203 cm³/mol. The fourth-order valence-corrected chi connectivity index (χ4v) is 5.49. The Morgan fingerprint density at radius 3 is 1.66 bits per heavy atom. The molecule has 0 aliphatic rings. The lowest BCUT2D eigenvalue weighted by Gasteiger charge is -2.28. The number of ether oxygens (including phenoxy) is 2. The molecule has 0 rings (SSSR count). The minimum Gasteiger partial charge on any atom is -0.756 e. The highest BCUT2D eigenvalue weighted by molar-refractivity contribution is 7.45. The maximum absolute atomic E-state index is 12.5. The second kappa shape index (κ2) is 32.8. The molecular formula is C40H72NO8P. The number of hydrogen-bond donors (Lipinski definition) is 0. The number of allylic oxidation sites excluding steroid dienone is 8. The van der Waals surface area contributed by atoms with E-state index >= 15 is 0 Å². The first-order valence-electron chi connectivity index (χ1n) is 19.3. The van der Waals surface area contributed by atoms with Crippen molar-refractivity contribution in [3.63, 3.8) is 0 Å². The highest BCUT2D eigenvalue weighted by Gasteiger charge is 2.21. The van der Waals surface area contributed by atoms with Crippen LogP contribution in [0, 0.1) is 0 Å². The Bertz CT molecular complexity index is 1000. The lowest BCUT2D eigenvalue weighted by atomic mass is 10.1. The van der Waals surface area contributed by atoms with Crippen molar-refractivity contribution in [2.24, 2.45) is 0 Å². The molecule has 0 N–H and O–H groups in total. The minimum absolute atomic E-state index is 0.0399. The molecule has 0 aromatic heterocycles. The molecule has 0 saturated heterocycles. The van der Waals surface area contributed by atoms with E-state index in [1.807, 2.05) is 27.2 Å². The number of rotatable bonds is 34. The lowest BCUT2D eigenvalue weighted by Crippen LogP contribution is -2.37. The van der Waals surface area contributed by atoms with E-state index in [1.54, 1.807) is 0 Å². The van der Waals surface area contributed by atoms with E-state index in [0.29, 0.717) is 23.9 Å². The van der Waals surface area contributed by atoms with Gasteiger partial charge in [-0.3, -0.25) is 14.2 Å². The third-order valence-corrected chi connectivity index (χ3v) is 8.82. The maximum Gasteiger partial charge on any atom is 0.306 e. The molecule has 0 radical (unpaired) electrons. The quantitative estimate of drug-likeness (QED) is 0.0212. The highest BCUT2D eigenvalue weighted by Crippen LogP contribution is 2.38. The molecule has 0 aromatic carbocycles. The number of hydrogen-bond acceptors (Lipinski definition) is 8. The summed E-state index contributed by atoms with van der Waals surface area (Å²) in [7, 11) is 1.13. The van der Waals surface area contributed by atoms with Crippen LogP contribution in [0.4, 0.5) is 0 Å². The topological polar surface area (TPSA) is 111 Å². The molecule has 0 bridgehead atoms. The molecule has 0 spiro atoms. The summed E-state index contributed by atoms with van der Waals surface area (Å²) in [5.74, 6) is -0.907. The zero-order valence-electron chi connectivity index (χ0n) is 32.3. The average molecular weight is 726 g/mol. The van der Waals surface area contributed by atoms with Crippen molar-refractivity contribution in [3.05, 3.63) is 48.6 Å². The molecule has 1 unspecified atom stereocenters. The molecule has 0 saturated carbocycles. The zero-order chi connectivity index (χ0) is 37.2. The van der Waals surface area contributed by atoms with Crippen LogP contribution in [0.3, 0.4) is 0 Å². The molecule has 0 heterocycles. The second-order valence-electron chi connectivity index (χ2n) is 13.9. The van der Waals surface area contributed by atoms with Gasteiger partial charge >= 0.3 is 11.9 Å². The molecule has 0 aromatic rings. The van der Waals surface area contributed by atoms with Gasteiger partial charge in [-0.15, -0.1) is 0 Å². The van der Waals surface area contributed by atoms with Crippen molar-refractivity contribution < 1.29 is 42.1 Å². The van der Waals surface area contributed by atoms with Gasteiger partial charge in [-0.1, -0.05) is 127 Å². The van der Waals surface area contributed by atoms with E-state index in [4.69, 9.17) is 18.5 Å². The molecule has 9 nitrogen and oxygen atoms in total. The first-order chi connectivity index (χ1) is 24.0. The van der Waals surface area contributed by atoms with Gasteiger partial charge in [0.05, 0.1) is 27.7 Å². The van der Waals surface area contributed by atoms with E-state index in [9.17, 15) is 19.0 Å². The fourth-order valence-electron chi connectivity index (χ4n) is 4.76. The summed E-state index contributed by atoms with van der Waals surface area (Å²) < 4.78 is 33.6. The monoisotopic (exact) mass is 725 g/mol. The highest BCUT2D eigenvalue weighted by atomic mass is 31.2. The summed E-state index contributed by atoms with van der Waals surface area (Å²) in [5.41, 5.74) is 0. The van der Waals surface area contributed by atoms with Crippen LogP contribution in [0.2, 0.25) is 0 Å². The SMILES string of the molecule is CCCCC/C=C/C/C=C/C/C=C/C/C=C/CCCC(=O)OC[C@@H](COP(=O)([O-])OCC[N+](C)(C)C)OC(=O)CCCCCCCCCCC. The van der Waals surface area contributed by atoms with Crippen LogP contribution in [0.25, 0.3) is 0 Å². The van der Waals surface area contributed by atoms with Crippen molar-refractivity contribution in [2.45, 2.75) is 148 Å². The Morgan fingerprint density at radius 2 is 1.10 bits per heavy atom. The number of carbonyl (C=O) groups is 2. The number of esters is 2. The molecule has 50 heavy (non-hydrogen) atoms. The fraction of sp³-hybridized carbons (Fsp3) is 0.750. The van der Waals surface area contributed by atoms with Crippen molar-refractivity contribution in [1.82, 2.24) is 0 Å². The van der Waals surface area contributed by atoms with Crippen LogP contribution < -0.4 is 4.89 Å². The minimum atomic E-state index is -4.63. The van der Waals surface area contributed by atoms with Gasteiger partial charge in [-0.2, -0.15) is 0 Å². The third kappa shape index (κ3) is 35.8. The number of carbonyl (C=O) groups excluding carboxylic acids is 2. The van der Waals surface area contributed by atoms with Gasteiger partial charge in [-0.05, 0) is 51.4 Å². The molecular weight excluding hydrogens is 653 g/mol. The lowest BCUT2D eigenvalue weighted by molar-refractivity contribution is -0.870. The van der Waals surface area contributed by atoms with Crippen LogP contribution >= 0.6 is 7.82 Å². The molecule has 0 aliphatic heterocycles. The Morgan fingerprint density at radius 1 is 0.620 bits per heavy atom. The van der Waals surface area contributed by atoms with Crippen LogP contribution in [0.5, 0.6) is 0 Å². The van der Waals surface area contributed by atoms with E-state index < -0.39 is 32.5 Å². The summed E-state index contributed by atoms with van der Waals surface area (Å²) in [6, 6.07) is 0. The molecule has 0 amide bonds. The third-order valence-electron chi connectivity index (χ3n) is 7.85. The van der Waals surface area contributed by atoms with Gasteiger partial charge < -0.3 is 27.9 Å². The van der Waals surface area contributed by atoms with Crippen molar-refractivity contribution in [1.29, 1.82) is 0 Å². The summed E-state index contributed by atoms with van der Waals surface area (Å²) in [4.78, 5) is 37.2. The Kier molecular flexibility index (Phi) is 31.5. The summed E-state index contributed by atoms with van der Waals surface area (Å²) in [6.07, 6.45) is 35.8. The zero-order valence-corrected chi connectivity index (χ0v) is 33.2. The molecule has 0 aliphatic carbocycles. The number of phosphoric ester groups is 1. The van der Waals surface area contributed by atoms with Crippen LogP contribution in [-0.4, -0.2) is 70.0 Å². The van der Waals surface area contributed by atoms with Gasteiger partial charge in [0.1, 0.15) is 19.8 Å². The smallest absolute Gasteiger partial charge is 0.306 e. The predicted octanol–water partition coefficient (Wildman–Crippen LogP) is 9.72. The van der Waals surface area contributed by atoms with Crippen LogP contribution in [-0.2, 0) is 32.7 Å². The molecule has 0 fully saturated rings. The molecule has 2 atom stereocenters. The first kappa shape index (κ1) is 48.0. The van der Waals surface area contributed by atoms with Crippen molar-refractivity contribution in [3.8, 4) is 0 Å². The van der Waals surface area contributed by atoms with Crippen molar-refractivity contribution >= 4 is 19.8 Å². The van der Waals surface area contributed by atoms with E-state index in [0.717, 1.165) is 44.9 Å². The van der Waals surface area contributed by atoms with Gasteiger partial charge in [0, 0.05) is 12.8 Å². The summed E-state index contributed by atoms with van der Waals surface area (Å²) >= 11 is 0. The largest absolute Gasteiger partial charge is 0.756 e. The van der Waals surface area contributed by atoms with E-state index in [-0.39, 0.29) is 26.1 Å². The molecule has 10 heteroatoms. The normalized spacial score (nSPS) is 14.3. The van der Waals surface area contributed by atoms with Gasteiger partial charge in [0.2, 0.25) is 0 Å². The number of likely N-dealkylation sites (N-methyl/N-ethyl adjacent to an activating group) is 1. The maximum atomic E-state index is 12.5. The second-order valence-corrected chi connectivity index (χ2v) is 15.4. The number of quaternary nitrogens is 1. The van der Waals surface area contributed by atoms with Crippen LogP contribution in [0.15, 0.2) is 48.6 Å². The standard InChI is InChI=1S/C40H72NO8P/c1-6-8-10-12-14-16-17-18-19-20-21-22-23-25-26-28-30-32-39(42)46-36-38(37-48-50(44,45)47-35-34-41(3,4)5)49-40(43)33-31-29-27-24-15-13-11-9-7-2/h14,16,18-19,21-22,25-26,38H,6-13,15,17,20,23-24,27-37H2,1-5H3/b16-14+,19-18+,22-21+,26-25+/t38-/m0/s1. The first-order valence-corrected chi connectivity index (χ1v) is 20.8. The molecule has 290 valence electrons. The Hall–Kier alpha value is -2.03. The number of phosphoric acid groups is 1. The Labute approximate surface area is 305 Å². The van der Waals surface area contributed by atoms with Gasteiger partial charge in [0.15, 0.2) is 6.10 Å². The van der Waals surface area contributed by atoms with Crippen molar-refractivity contribution in [2.75, 3.05) is 47.5 Å². The number of nitrogens with zero attached hydrogens (tertiary/aromatic N) is 1.